The van der Waals surface area contributed by atoms with Gasteiger partial charge in [0.2, 0.25) is 0 Å². The average molecular weight is 294 g/mol. The second kappa shape index (κ2) is 7.09. The van der Waals surface area contributed by atoms with Crippen LogP contribution in [-0.2, 0) is 0 Å². The van der Waals surface area contributed by atoms with E-state index in [1.807, 2.05) is 0 Å². The Kier molecular flexibility index (Phi) is 6.22. The molecule has 0 atom stereocenters. The van der Waals surface area contributed by atoms with Gasteiger partial charge in [-0.1, -0.05) is 7.43 Å². The van der Waals surface area contributed by atoms with E-state index in [1.165, 1.54) is 25.9 Å². The van der Waals surface area contributed by atoms with Gasteiger partial charge in [-0.15, -0.1) is 0 Å². The van der Waals surface area contributed by atoms with E-state index in [4.69, 9.17) is 0 Å². The van der Waals surface area contributed by atoms with Gasteiger partial charge >= 0.3 is 0 Å². The third-order valence-electron chi connectivity index (χ3n) is 4.68. The van der Waals surface area contributed by atoms with Crippen LogP contribution in [0.2, 0.25) is 0 Å². The van der Waals surface area contributed by atoms with Crippen LogP contribution in [0.4, 0.5) is 0 Å². The summed E-state index contributed by atoms with van der Waals surface area (Å²) >= 11 is 0. The first-order valence-corrected chi connectivity index (χ1v) is 7.97. The van der Waals surface area contributed by atoms with Gasteiger partial charge in [0.25, 0.3) is 0 Å². The van der Waals surface area contributed by atoms with Crippen molar-refractivity contribution < 1.29 is 0 Å². The van der Waals surface area contributed by atoms with E-state index in [-0.39, 0.29) is 18.5 Å². The Balaban J connectivity index is 0.00000220. The lowest BCUT2D eigenvalue weighted by Crippen LogP contribution is -2.59. The van der Waals surface area contributed by atoms with Crippen molar-refractivity contribution in [1.82, 2.24) is 15.1 Å². The highest BCUT2D eigenvalue weighted by molar-refractivity contribution is 5.12. The van der Waals surface area contributed by atoms with Crippen molar-refractivity contribution in [2.75, 3.05) is 33.2 Å². The summed E-state index contributed by atoms with van der Waals surface area (Å²) < 4.78 is 0. The molecular weight excluding hydrogens is 260 g/mol. The maximum atomic E-state index is 9.60. The van der Waals surface area contributed by atoms with E-state index in [9.17, 15) is 5.26 Å². The van der Waals surface area contributed by atoms with Crippen LogP contribution in [0.25, 0.3) is 0 Å². The first kappa shape index (κ1) is 18.4. The number of nitrogens with one attached hydrogen (secondary N) is 1. The molecule has 0 saturated carbocycles. The highest BCUT2D eigenvalue weighted by Crippen LogP contribution is 2.27. The van der Waals surface area contributed by atoms with E-state index in [0.29, 0.717) is 0 Å². The first-order chi connectivity index (χ1) is 9.34. The lowest BCUT2D eigenvalue weighted by molar-refractivity contribution is 0.0729. The van der Waals surface area contributed by atoms with Gasteiger partial charge in [0.1, 0.15) is 5.54 Å². The largest absolute Gasteiger partial charge is 0.306 e. The second-order valence-corrected chi connectivity index (χ2v) is 7.64. The van der Waals surface area contributed by atoms with Gasteiger partial charge in [-0.25, -0.2) is 0 Å². The molecule has 0 aromatic rings. The minimum absolute atomic E-state index is 0. The third kappa shape index (κ3) is 4.95. The Morgan fingerprint density at radius 1 is 1.10 bits per heavy atom. The minimum atomic E-state index is -0.319. The van der Waals surface area contributed by atoms with Crippen molar-refractivity contribution in [2.45, 2.75) is 71.0 Å². The first-order valence-electron chi connectivity index (χ1n) is 7.97. The van der Waals surface area contributed by atoms with Gasteiger partial charge < -0.3 is 9.80 Å². The number of hydrogen-bond donors (Lipinski definition) is 1. The molecule has 0 aromatic carbocycles. The monoisotopic (exact) mass is 294 g/mol. The predicted octanol–water partition coefficient (Wildman–Crippen LogP) is 2.46. The van der Waals surface area contributed by atoms with Crippen molar-refractivity contribution in [3.05, 3.63) is 0 Å². The van der Waals surface area contributed by atoms with Crippen molar-refractivity contribution >= 4 is 0 Å². The topological polar surface area (TPSA) is 42.3 Å². The Labute approximate surface area is 131 Å². The number of likely N-dealkylation sites (tertiary alicyclic amines) is 2. The highest BCUT2D eigenvalue weighted by atomic mass is 15.2. The molecule has 0 aliphatic carbocycles. The van der Waals surface area contributed by atoms with Crippen molar-refractivity contribution in [2.24, 2.45) is 0 Å². The van der Waals surface area contributed by atoms with E-state index < -0.39 is 0 Å². The Bertz CT molecular complexity index is 350. The summed E-state index contributed by atoms with van der Waals surface area (Å²) in [5, 5.41) is 13.2. The van der Waals surface area contributed by atoms with Crippen molar-refractivity contribution in [3.8, 4) is 6.07 Å². The molecule has 2 saturated heterocycles. The molecule has 2 fully saturated rings. The zero-order valence-electron chi connectivity index (χ0n) is 13.6. The molecule has 4 nitrogen and oxygen atoms in total. The predicted molar refractivity (Wildman–Crippen MR) is 89.3 cm³/mol. The van der Waals surface area contributed by atoms with Crippen molar-refractivity contribution in [3.63, 3.8) is 0 Å². The molecule has 2 aliphatic rings. The molecule has 2 rings (SSSR count). The van der Waals surface area contributed by atoms with E-state index >= 15 is 0 Å². The molecule has 21 heavy (non-hydrogen) atoms. The fourth-order valence-electron chi connectivity index (χ4n) is 3.61. The van der Waals surface area contributed by atoms with Gasteiger partial charge in [0.05, 0.1) is 6.07 Å². The molecule has 0 unspecified atom stereocenters. The lowest BCUT2D eigenvalue weighted by Gasteiger charge is -2.45. The Morgan fingerprint density at radius 2 is 1.62 bits per heavy atom. The minimum Gasteiger partial charge on any atom is -0.306 e. The average Bonchev–Trinajstić information content (AvgIpc) is 2.39. The van der Waals surface area contributed by atoms with Gasteiger partial charge in [-0.3, -0.25) is 5.32 Å². The summed E-state index contributed by atoms with van der Waals surface area (Å²) in [5.74, 6) is 0. The number of nitriles is 1. The molecule has 0 radical (unpaired) electrons. The Hall–Kier alpha value is -0.630. The molecule has 122 valence electrons. The van der Waals surface area contributed by atoms with Gasteiger partial charge in [-0.2, -0.15) is 5.26 Å². The van der Waals surface area contributed by atoms with Crippen molar-refractivity contribution in [1.29, 1.82) is 5.26 Å². The van der Waals surface area contributed by atoms with Gasteiger partial charge in [0.15, 0.2) is 0 Å². The van der Waals surface area contributed by atoms with Crippen LogP contribution in [0.15, 0.2) is 0 Å². The normalized spacial score (nSPS) is 25.1. The highest BCUT2D eigenvalue weighted by Gasteiger charge is 2.39. The smallest absolute Gasteiger partial charge is 0.109 e. The Morgan fingerprint density at radius 3 is 2.05 bits per heavy atom. The number of piperidine rings is 2. The van der Waals surface area contributed by atoms with Crippen LogP contribution in [0, 0.1) is 11.3 Å². The molecular formula is C17H34N4. The van der Waals surface area contributed by atoms with E-state index in [1.54, 1.807) is 0 Å². The lowest BCUT2D eigenvalue weighted by atomic mass is 9.85. The number of rotatable bonds is 2. The summed E-state index contributed by atoms with van der Waals surface area (Å²) in [7, 11) is 2.21. The third-order valence-corrected chi connectivity index (χ3v) is 4.68. The van der Waals surface area contributed by atoms with Crippen LogP contribution in [0.5, 0.6) is 0 Å². The molecule has 0 bridgehead atoms. The molecule has 2 heterocycles. The van der Waals surface area contributed by atoms with Crippen LogP contribution in [0.1, 0.15) is 53.9 Å². The van der Waals surface area contributed by atoms with E-state index in [2.05, 4.69) is 49.0 Å². The summed E-state index contributed by atoms with van der Waals surface area (Å²) in [5.41, 5.74) is -0.314. The number of hydrogen-bond acceptors (Lipinski definition) is 4. The molecule has 0 spiro atoms. The van der Waals surface area contributed by atoms with E-state index in [0.717, 1.165) is 32.0 Å². The molecule has 2 aliphatic heterocycles. The van der Waals surface area contributed by atoms with Gasteiger partial charge in [0, 0.05) is 24.7 Å². The molecule has 1 N–H and O–H groups in total. The van der Waals surface area contributed by atoms with Crippen LogP contribution in [0.3, 0.4) is 0 Å². The van der Waals surface area contributed by atoms with Gasteiger partial charge in [-0.05, 0) is 66.6 Å². The molecule has 0 aromatic heterocycles. The zero-order chi connectivity index (χ0) is 14.8. The fourth-order valence-corrected chi connectivity index (χ4v) is 3.61. The fraction of sp³-hybridized carbons (Fsp3) is 0.941. The van der Waals surface area contributed by atoms with Crippen LogP contribution < -0.4 is 5.32 Å². The summed E-state index contributed by atoms with van der Waals surface area (Å²) in [6.45, 7) is 11.0. The zero-order valence-corrected chi connectivity index (χ0v) is 13.6. The standard InChI is InChI=1S/C16H30N4.CH4/c1-15(2,3)18-16(13-17)7-11-20(12-8-16)14-5-9-19(4)10-6-14;/h14,18H,5-12H2,1-4H3;1H4. The summed E-state index contributed by atoms with van der Waals surface area (Å²) in [4.78, 5) is 5.04. The molecule has 4 heteroatoms. The second-order valence-electron chi connectivity index (χ2n) is 7.64. The molecule has 0 amide bonds. The SMILES string of the molecule is C.CN1CCC(N2CCC(C#N)(NC(C)(C)C)CC2)CC1. The quantitative estimate of drug-likeness (QED) is 0.849. The number of nitrogens with zero attached hydrogens (tertiary/aromatic N) is 3. The summed E-state index contributed by atoms with van der Waals surface area (Å²) in [6, 6.07) is 3.29. The van der Waals surface area contributed by atoms with Crippen LogP contribution in [-0.4, -0.2) is 60.1 Å². The maximum Gasteiger partial charge on any atom is 0.109 e. The summed E-state index contributed by atoms with van der Waals surface area (Å²) in [6.07, 6.45) is 4.46. The van der Waals surface area contributed by atoms with Crippen LogP contribution >= 0.6 is 0 Å². The maximum absolute atomic E-state index is 9.60.